The summed E-state index contributed by atoms with van der Waals surface area (Å²) in [7, 11) is 0. The Morgan fingerprint density at radius 3 is 2.24 bits per heavy atom. The number of hydrogen-bond acceptors (Lipinski definition) is 5. The van der Waals surface area contributed by atoms with E-state index in [1.54, 1.807) is 28.9 Å². The van der Waals surface area contributed by atoms with Crippen molar-refractivity contribution >= 4 is 46.2 Å². The molecule has 0 aliphatic rings. The molecule has 0 saturated heterocycles. The molecule has 0 saturated carbocycles. The number of pyridine rings is 2. The van der Waals surface area contributed by atoms with Crippen molar-refractivity contribution in [2.75, 3.05) is 0 Å². The molecule has 0 atom stereocenters. The fourth-order valence-corrected chi connectivity index (χ4v) is 5.91. The second kappa shape index (κ2) is 8.25. The highest BCUT2D eigenvalue weighted by molar-refractivity contribution is 7.26. The fraction of sp³-hybridized carbons (Fsp3) is 0. The molecule has 0 N–H and O–H groups in total. The van der Waals surface area contributed by atoms with Gasteiger partial charge < -0.3 is 0 Å². The van der Waals surface area contributed by atoms with Crippen LogP contribution < -0.4 is 0 Å². The van der Waals surface area contributed by atoms with Gasteiger partial charge in [-0.3, -0.25) is 9.97 Å². The molecule has 0 amide bonds. The van der Waals surface area contributed by atoms with Gasteiger partial charge in [0.25, 0.3) is 0 Å². The van der Waals surface area contributed by atoms with E-state index < -0.39 is 0 Å². The molecule has 29 heavy (non-hydrogen) atoms. The van der Waals surface area contributed by atoms with Crippen molar-refractivity contribution in [3.05, 3.63) is 94.9 Å². The summed E-state index contributed by atoms with van der Waals surface area (Å²) in [4.78, 5) is 14.1. The van der Waals surface area contributed by atoms with Crippen molar-refractivity contribution in [1.29, 1.82) is 0 Å². The van der Waals surface area contributed by atoms with Crippen LogP contribution in [0, 0.1) is 0 Å². The highest BCUT2D eigenvalue weighted by atomic mass is 32.1. The molecule has 0 bridgehead atoms. The van der Waals surface area contributed by atoms with E-state index in [1.165, 1.54) is 25.1 Å². The van der Waals surface area contributed by atoms with E-state index in [9.17, 15) is 0 Å². The Hall–Kier alpha value is -2.86. The Morgan fingerprint density at radius 2 is 1.48 bits per heavy atom. The van der Waals surface area contributed by atoms with Crippen LogP contribution in [0.5, 0.6) is 0 Å². The molecular formula is C24H16N2S3. The van der Waals surface area contributed by atoms with Crippen LogP contribution in [0.15, 0.2) is 83.8 Å². The van der Waals surface area contributed by atoms with Crippen molar-refractivity contribution in [3.8, 4) is 30.9 Å². The van der Waals surface area contributed by atoms with Gasteiger partial charge in [-0.2, -0.15) is 0 Å². The Bertz CT molecular complexity index is 1230. The summed E-state index contributed by atoms with van der Waals surface area (Å²) < 4.78 is 0. The molecule has 140 valence electrons. The standard InChI is InChI=1S/C24H16N2S3/c1-2-11-25-19(5-1)20-15-17(10-12-26-20)8-9-18-16-23(21-6-3-13-27-21)29-24(18)22-7-4-14-28-22/h1-16H/b9-8+. The van der Waals surface area contributed by atoms with Gasteiger partial charge in [0.05, 0.1) is 16.3 Å². The van der Waals surface area contributed by atoms with E-state index in [0.29, 0.717) is 0 Å². The zero-order chi connectivity index (χ0) is 19.5. The zero-order valence-corrected chi connectivity index (χ0v) is 17.8. The van der Waals surface area contributed by atoms with Gasteiger partial charge >= 0.3 is 0 Å². The van der Waals surface area contributed by atoms with Crippen LogP contribution in [0.1, 0.15) is 11.1 Å². The van der Waals surface area contributed by atoms with Gasteiger partial charge in [0.2, 0.25) is 0 Å². The average Bonchev–Trinajstić information content (AvgIpc) is 3.54. The molecular weight excluding hydrogens is 412 g/mol. The van der Waals surface area contributed by atoms with Gasteiger partial charge in [-0.25, -0.2) is 0 Å². The molecule has 0 unspecified atom stereocenters. The molecule has 5 heterocycles. The molecule has 0 aromatic carbocycles. The molecule has 5 rings (SSSR count). The monoisotopic (exact) mass is 428 g/mol. The second-order valence-electron chi connectivity index (χ2n) is 6.37. The summed E-state index contributed by atoms with van der Waals surface area (Å²) in [6.07, 6.45) is 8.00. The largest absolute Gasteiger partial charge is 0.255 e. The van der Waals surface area contributed by atoms with Crippen LogP contribution in [-0.4, -0.2) is 9.97 Å². The van der Waals surface area contributed by atoms with Crippen LogP contribution in [-0.2, 0) is 0 Å². The van der Waals surface area contributed by atoms with Gasteiger partial charge in [-0.05, 0) is 64.4 Å². The lowest BCUT2D eigenvalue weighted by Gasteiger charge is -2.01. The van der Waals surface area contributed by atoms with Crippen LogP contribution in [0.2, 0.25) is 0 Å². The first kappa shape index (κ1) is 18.2. The topological polar surface area (TPSA) is 25.8 Å². The van der Waals surface area contributed by atoms with E-state index >= 15 is 0 Å². The number of aromatic nitrogens is 2. The lowest BCUT2D eigenvalue weighted by Crippen LogP contribution is -1.86. The first-order chi connectivity index (χ1) is 14.4. The number of thiophene rings is 3. The summed E-state index contributed by atoms with van der Waals surface area (Å²) in [5.74, 6) is 0. The molecule has 0 aliphatic carbocycles. The minimum Gasteiger partial charge on any atom is -0.255 e. The maximum absolute atomic E-state index is 4.47. The molecule has 5 aromatic rings. The molecule has 2 nitrogen and oxygen atoms in total. The van der Waals surface area contributed by atoms with Gasteiger partial charge in [-0.15, -0.1) is 34.0 Å². The SMILES string of the molecule is C(=C\c1cc(-c2cccs2)sc1-c1cccs1)/c1ccnc(-c2ccccn2)c1. The fourth-order valence-electron chi connectivity index (χ4n) is 3.06. The average molecular weight is 429 g/mol. The summed E-state index contributed by atoms with van der Waals surface area (Å²) >= 11 is 5.43. The molecule has 5 heteroatoms. The Morgan fingerprint density at radius 1 is 0.655 bits per heavy atom. The number of hydrogen-bond donors (Lipinski definition) is 0. The maximum atomic E-state index is 4.47. The number of nitrogens with zero attached hydrogens (tertiary/aromatic N) is 2. The van der Waals surface area contributed by atoms with E-state index in [1.807, 2.05) is 41.8 Å². The van der Waals surface area contributed by atoms with Gasteiger partial charge in [0, 0.05) is 27.0 Å². The van der Waals surface area contributed by atoms with E-state index in [0.717, 1.165) is 17.0 Å². The summed E-state index contributed by atoms with van der Waals surface area (Å²) in [5.41, 5.74) is 4.13. The Balaban J connectivity index is 1.51. The summed E-state index contributed by atoms with van der Waals surface area (Å²) in [6, 6.07) is 20.9. The minimum absolute atomic E-state index is 0.885. The van der Waals surface area contributed by atoms with Crippen LogP contribution in [0.4, 0.5) is 0 Å². The Kier molecular flexibility index (Phi) is 5.17. The second-order valence-corrected chi connectivity index (χ2v) is 9.32. The molecule has 0 radical (unpaired) electrons. The van der Waals surface area contributed by atoms with Gasteiger partial charge in [-0.1, -0.05) is 30.4 Å². The smallest absolute Gasteiger partial charge is 0.0892 e. The number of rotatable bonds is 5. The summed E-state index contributed by atoms with van der Waals surface area (Å²) in [6.45, 7) is 0. The van der Waals surface area contributed by atoms with Gasteiger partial charge in [0.1, 0.15) is 0 Å². The lowest BCUT2D eigenvalue weighted by atomic mass is 10.1. The third-order valence-electron chi connectivity index (χ3n) is 4.44. The van der Waals surface area contributed by atoms with Crippen LogP contribution >= 0.6 is 34.0 Å². The van der Waals surface area contributed by atoms with E-state index in [2.05, 4.69) is 69.3 Å². The molecule has 0 spiro atoms. The maximum Gasteiger partial charge on any atom is 0.0892 e. The van der Waals surface area contributed by atoms with Crippen molar-refractivity contribution < 1.29 is 0 Å². The van der Waals surface area contributed by atoms with E-state index in [-0.39, 0.29) is 0 Å². The molecule has 0 aliphatic heterocycles. The van der Waals surface area contributed by atoms with Crippen LogP contribution in [0.25, 0.3) is 43.0 Å². The van der Waals surface area contributed by atoms with Crippen molar-refractivity contribution in [2.24, 2.45) is 0 Å². The third-order valence-corrected chi connectivity index (χ3v) is 7.70. The van der Waals surface area contributed by atoms with Crippen molar-refractivity contribution in [1.82, 2.24) is 9.97 Å². The quantitative estimate of drug-likeness (QED) is 0.285. The Labute approximate surface area is 181 Å². The first-order valence-corrected chi connectivity index (χ1v) is 11.7. The lowest BCUT2D eigenvalue weighted by molar-refractivity contribution is 1.24. The zero-order valence-electron chi connectivity index (χ0n) is 15.4. The minimum atomic E-state index is 0.885. The normalized spacial score (nSPS) is 11.3. The van der Waals surface area contributed by atoms with E-state index in [4.69, 9.17) is 0 Å². The predicted octanol–water partition coefficient (Wildman–Crippen LogP) is 7.83. The van der Waals surface area contributed by atoms with Crippen molar-refractivity contribution in [3.63, 3.8) is 0 Å². The van der Waals surface area contributed by atoms with Crippen LogP contribution in [0.3, 0.4) is 0 Å². The summed E-state index contributed by atoms with van der Waals surface area (Å²) in [5, 5.41) is 4.26. The molecule has 5 aromatic heterocycles. The highest BCUT2D eigenvalue weighted by Gasteiger charge is 2.12. The first-order valence-electron chi connectivity index (χ1n) is 9.14. The van der Waals surface area contributed by atoms with Crippen molar-refractivity contribution in [2.45, 2.75) is 0 Å². The molecule has 0 fully saturated rings. The highest BCUT2D eigenvalue weighted by Crippen LogP contribution is 2.42. The van der Waals surface area contributed by atoms with Gasteiger partial charge in [0.15, 0.2) is 0 Å². The predicted molar refractivity (Wildman–Crippen MR) is 127 cm³/mol. The third kappa shape index (κ3) is 3.98.